The van der Waals surface area contributed by atoms with Crippen molar-refractivity contribution in [1.29, 1.82) is 0 Å². The van der Waals surface area contributed by atoms with Gasteiger partial charge < -0.3 is 4.90 Å². The van der Waals surface area contributed by atoms with Crippen molar-refractivity contribution < 1.29 is 17.4 Å². The first-order chi connectivity index (χ1) is 11.2. The third-order valence-corrected chi connectivity index (χ3v) is 3.89. The van der Waals surface area contributed by atoms with Crippen LogP contribution in [-0.4, -0.2) is 36.0 Å². The summed E-state index contributed by atoms with van der Waals surface area (Å²) >= 11 is 0. The molecule has 0 aliphatic carbocycles. The molecule has 2 rings (SSSR count). The number of benzene rings is 1. The lowest BCUT2D eigenvalue weighted by Crippen LogP contribution is -2.27. The van der Waals surface area contributed by atoms with Gasteiger partial charge in [0.15, 0.2) is 5.82 Å². The van der Waals surface area contributed by atoms with Gasteiger partial charge in [-0.15, -0.1) is 0 Å². The summed E-state index contributed by atoms with van der Waals surface area (Å²) in [5.41, 5.74) is 1.52. The lowest BCUT2D eigenvalue weighted by molar-refractivity contribution is 0.494. The van der Waals surface area contributed by atoms with Crippen LogP contribution in [0.3, 0.4) is 0 Å². The maximum atomic E-state index is 13.1. The molecule has 0 unspecified atom stereocenters. The fourth-order valence-electron chi connectivity index (χ4n) is 1.93. The van der Waals surface area contributed by atoms with Crippen LogP contribution in [0.1, 0.15) is 19.5 Å². The van der Waals surface area contributed by atoms with Gasteiger partial charge in [0.25, 0.3) is 10.1 Å². The molecule has 0 aliphatic heterocycles. The van der Waals surface area contributed by atoms with E-state index in [9.17, 15) is 12.8 Å². The molecule has 1 N–H and O–H groups in total. The molecule has 2 aromatic rings. The zero-order valence-electron chi connectivity index (χ0n) is 13.5. The minimum atomic E-state index is -4.24. The van der Waals surface area contributed by atoms with Crippen LogP contribution < -0.4 is 4.90 Å². The molecule has 0 spiro atoms. The molecular weight excluding hydrogens is 333 g/mol. The highest BCUT2D eigenvalue weighted by atomic mass is 32.2. The molecule has 0 amide bonds. The summed E-state index contributed by atoms with van der Waals surface area (Å²) in [7, 11) is -2.41. The quantitative estimate of drug-likeness (QED) is 0.834. The van der Waals surface area contributed by atoms with Crippen LogP contribution in [0.15, 0.2) is 35.9 Å². The monoisotopic (exact) mass is 351 g/mol. The molecule has 0 radical (unpaired) electrons. The first-order valence-corrected chi connectivity index (χ1v) is 8.69. The topological polar surface area (TPSA) is 83.4 Å². The van der Waals surface area contributed by atoms with E-state index < -0.39 is 10.1 Å². The van der Waals surface area contributed by atoms with Crippen LogP contribution in [0.5, 0.6) is 0 Å². The Morgan fingerprint density at radius 1 is 1.25 bits per heavy atom. The van der Waals surface area contributed by atoms with Crippen LogP contribution in [0, 0.1) is 5.82 Å². The van der Waals surface area contributed by atoms with Gasteiger partial charge in [-0.1, -0.05) is 0 Å². The second-order valence-corrected chi connectivity index (χ2v) is 6.80. The van der Waals surface area contributed by atoms with Gasteiger partial charge in [0.05, 0.1) is 17.3 Å². The SMILES string of the molecule is CC(C)N(C)c1nc(C=CS(=O)(=O)O)cnc1-c1ccc(F)cc1. The summed E-state index contributed by atoms with van der Waals surface area (Å²) in [4.78, 5) is 10.6. The summed E-state index contributed by atoms with van der Waals surface area (Å²) in [6, 6.07) is 5.99. The van der Waals surface area contributed by atoms with Gasteiger partial charge in [-0.25, -0.2) is 9.37 Å². The average Bonchev–Trinajstić information content (AvgIpc) is 2.52. The standard InChI is InChI=1S/C16H18FN3O3S/c1-11(2)20(3)16-15(12-4-6-13(17)7-5-12)18-10-14(19-16)8-9-24(21,22)23/h4-11H,1-3H3,(H,21,22,23). The number of hydrogen-bond acceptors (Lipinski definition) is 5. The highest BCUT2D eigenvalue weighted by Crippen LogP contribution is 2.28. The van der Waals surface area contributed by atoms with E-state index in [4.69, 9.17) is 4.55 Å². The minimum Gasteiger partial charge on any atom is -0.355 e. The van der Waals surface area contributed by atoms with Crippen molar-refractivity contribution in [3.63, 3.8) is 0 Å². The lowest BCUT2D eigenvalue weighted by Gasteiger charge is -2.24. The summed E-state index contributed by atoms with van der Waals surface area (Å²) in [6.07, 6.45) is 2.55. The van der Waals surface area contributed by atoms with E-state index in [0.717, 1.165) is 6.08 Å². The van der Waals surface area contributed by atoms with E-state index in [1.165, 1.54) is 18.3 Å². The van der Waals surface area contributed by atoms with Gasteiger partial charge >= 0.3 is 0 Å². The normalized spacial score (nSPS) is 12.1. The van der Waals surface area contributed by atoms with Crippen LogP contribution in [0.4, 0.5) is 10.2 Å². The number of hydrogen-bond donors (Lipinski definition) is 1. The van der Waals surface area contributed by atoms with E-state index in [1.54, 1.807) is 12.1 Å². The van der Waals surface area contributed by atoms with Crippen LogP contribution in [0.2, 0.25) is 0 Å². The Morgan fingerprint density at radius 3 is 2.42 bits per heavy atom. The second kappa shape index (κ2) is 7.06. The first-order valence-electron chi connectivity index (χ1n) is 7.19. The molecule has 1 aromatic heterocycles. The fourth-order valence-corrected chi connectivity index (χ4v) is 2.24. The second-order valence-electron chi connectivity index (χ2n) is 5.50. The predicted octanol–water partition coefficient (Wildman–Crippen LogP) is 2.99. The zero-order valence-corrected chi connectivity index (χ0v) is 14.3. The maximum absolute atomic E-state index is 13.1. The van der Waals surface area contributed by atoms with Gasteiger partial charge in [0, 0.05) is 18.7 Å². The fraction of sp³-hybridized carbons (Fsp3) is 0.250. The molecule has 0 saturated carbocycles. The molecule has 0 fully saturated rings. The van der Waals surface area contributed by atoms with E-state index in [1.807, 2.05) is 25.8 Å². The molecule has 6 nitrogen and oxygen atoms in total. The van der Waals surface area contributed by atoms with Crippen molar-refractivity contribution >= 4 is 22.0 Å². The number of rotatable bonds is 5. The first kappa shape index (κ1) is 18.0. The van der Waals surface area contributed by atoms with Gasteiger partial charge in [0.1, 0.15) is 11.5 Å². The van der Waals surface area contributed by atoms with Gasteiger partial charge in [-0.3, -0.25) is 9.54 Å². The summed E-state index contributed by atoms with van der Waals surface area (Å²) in [6.45, 7) is 3.94. The van der Waals surface area contributed by atoms with Gasteiger partial charge in [-0.05, 0) is 44.2 Å². The molecule has 8 heteroatoms. The molecule has 0 saturated heterocycles. The molecule has 24 heavy (non-hydrogen) atoms. The number of aromatic nitrogens is 2. The smallest absolute Gasteiger partial charge is 0.287 e. The Labute approximate surface area is 140 Å². The Kier molecular flexibility index (Phi) is 5.30. The largest absolute Gasteiger partial charge is 0.355 e. The number of anilines is 1. The molecule has 0 bridgehead atoms. The van der Waals surface area contributed by atoms with E-state index in [2.05, 4.69) is 9.97 Å². The highest BCUT2D eigenvalue weighted by Gasteiger charge is 2.16. The van der Waals surface area contributed by atoms with Crippen molar-refractivity contribution in [2.75, 3.05) is 11.9 Å². The van der Waals surface area contributed by atoms with Crippen molar-refractivity contribution in [2.24, 2.45) is 0 Å². The van der Waals surface area contributed by atoms with E-state index in [0.29, 0.717) is 22.5 Å². The summed E-state index contributed by atoms with van der Waals surface area (Å²) < 4.78 is 43.6. The van der Waals surface area contributed by atoms with Crippen LogP contribution in [0.25, 0.3) is 17.3 Å². The number of halogens is 1. The van der Waals surface area contributed by atoms with Crippen molar-refractivity contribution in [2.45, 2.75) is 19.9 Å². The van der Waals surface area contributed by atoms with Crippen molar-refractivity contribution in [3.8, 4) is 11.3 Å². The molecule has 128 valence electrons. The number of nitrogens with zero attached hydrogens (tertiary/aromatic N) is 3. The van der Waals surface area contributed by atoms with Crippen molar-refractivity contribution in [1.82, 2.24) is 9.97 Å². The third kappa shape index (κ3) is 4.59. The highest BCUT2D eigenvalue weighted by molar-refractivity contribution is 7.88. The zero-order chi connectivity index (χ0) is 17.9. The Morgan fingerprint density at radius 2 is 1.88 bits per heavy atom. The average molecular weight is 351 g/mol. The van der Waals surface area contributed by atoms with Gasteiger partial charge in [0.2, 0.25) is 0 Å². The predicted molar refractivity (Wildman–Crippen MR) is 91.5 cm³/mol. The molecule has 0 aliphatic rings. The van der Waals surface area contributed by atoms with E-state index in [-0.39, 0.29) is 17.6 Å². The van der Waals surface area contributed by atoms with Crippen molar-refractivity contribution in [3.05, 3.63) is 47.4 Å². The Balaban J connectivity index is 2.54. The molecule has 0 atom stereocenters. The third-order valence-electron chi connectivity index (χ3n) is 3.41. The van der Waals surface area contributed by atoms with Crippen LogP contribution in [-0.2, 0) is 10.1 Å². The van der Waals surface area contributed by atoms with E-state index >= 15 is 0 Å². The minimum absolute atomic E-state index is 0.110. The lowest BCUT2D eigenvalue weighted by atomic mass is 10.1. The molecule has 1 aromatic carbocycles. The maximum Gasteiger partial charge on any atom is 0.287 e. The van der Waals surface area contributed by atoms with Gasteiger partial charge in [-0.2, -0.15) is 8.42 Å². The Hall–Kier alpha value is -2.32. The van der Waals surface area contributed by atoms with Crippen LogP contribution >= 0.6 is 0 Å². The molecule has 1 heterocycles. The molecular formula is C16H18FN3O3S. The Bertz CT molecular complexity index is 849. The summed E-state index contributed by atoms with van der Waals surface area (Å²) in [5.74, 6) is 0.173. The summed E-state index contributed by atoms with van der Waals surface area (Å²) in [5, 5.41) is 0.647.